The van der Waals surface area contributed by atoms with E-state index in [4.69, 9.17) is 16.2 Å². The number of ether oxygens (including phenoxy) is 1. The molecule has 2 amide bonds. The first-order valence-corrected chi connectivity index (χ1v) is 4.90. The molecule has 0 bridgehead atoms. The highest BCUT2D eigenvalue weighted by Gasteiger charge is 2.22. The molecule has 1 rings (SSSR count). The monoisotopic (exact) mass is 238 g/mol. The van der Waals surface area contributed by atoms with Crippen molar-refractivity contribution in [1.82, 2.24) is 0 Å². The Morgan fingerprint density at radius 3 is 2.41 bits per heavy atom. The lowest BCUT2D eigenvalue weighted by atomic mass is 9.98. The highest BCUT2D eigenvalue weighted by atomic mass is 16.5. The number of hydrogen-bond donors (Lipinski definition) is 3. The summed E-state index contributed by atoms with van der Waals surface area (Å²) in [5, 5.41) is 9.38. The van der Waals surface area contributed by atoms with E-state index in [1.807, 2.05) is 0 Å². The lowest BCUT2D eigenvalue weighted by Gasteiger charge is -2.11. The van der Waals surface area contributed by atoms with E-state index >= 15 is 0 Å². The number of hydrogen-bond acceptors (Lipinski definition) is 4. The summed E-state index contributed by atoms with van der Waals surface area (Å²) in [6.07, 6.45) is 0.0846. The van der Waals surface area contributed by atoms with Crippen LogP contribution in [-0.2, 0) is 16.0 Å². The van der Waals surface area contributed by atoms with E-state index in [-0.39, 0.29) is 17.9 Å². The largest absolute Gasteiger partial charge is 0.504 e. The van der Waals surface area contributed by atoms with Crippen molar-refractivity contribution in [3.05, 3.63) is 23.8 Å². The normalized spacial score (nSPS) is 10.2. The van der Waals surface area contributed by atoms with Gasteiger partial charge in [-0.25, -0.2) is 0 Å². The van der Waals surface area contributed by atoms with Crippen LogP contribution in [-0.4, -0.2) is 24.0 Å². The third kappa shape index (κ3) is 3.10. The van der Waals surface area contributed by atoms with Gasteiger partial charge in [0.2, 0.25) is 11.8 Å². The quantitative estimate of drug-likeness (QED) is 0.601. The fourth-order valence-electron chi connectivity index (χ4n) is 1.43. The Labute approximate surface area is 98.2 Å². The van der Waals surface area contributed by atoms with E-state index < -0.39 is 17.7 Å². The Morgan fingerprint density at radius 2 is 1.94 bits per heavy atom. The second kappa shape index (κ2) is 5.20. The highest BCUT2D eigenvalue weighted by molar-refractivity contribution is 5.99. The molecule has 0 spiro atoms. The maximum atomic E-state index is 11.0. The maximum Gasteiger partial charge on any atom is 0.230 e. The van der Waals surface area contributed by atoms with Crippen LogP contribution >= 0.6 is 0 Å². The Hall–Kier alpha value is -2.24. The molecule has 0 aliphatic carbocycles. The SMILES string of the molecule is COc1cc(CC(C(N)=O)C(N)=O)ccc1O. The van der Waals surface area contributed by atoms with Crippen LogP contribution in [0.25, 0.3) is 0 Å². The van der Waals surface area contributed by atoms with Crippen molar-refractivity contribution in [2.24, 2.45) is 17.4 Å². The van der Waals surface area contributed by atoms with Crippen molar-refractivity contribution in [2.45, 2.75) is 6.42 Å². The zero-order chi connectivity index (χ0) is 13.0. The minimum absolute atomic E-state index is 0.0223. The molecule has 0 atom stereocenters. The molecule has 0 heterocycles. The van der Waals surface area contributed by atoms with Gasteiger partial charge in [0.25, 0.3) is 0 Å². The van der Waals surface area contributed by atoms with Gasteiger partial charge in [0.1, 0.15) is 5.92 Å². The second-order valence-corrected chi connectivity index (χ2v) is 3.57. The summed E-state index contributed by atoms with van der Waals surface area (Å²) in [7, 11) is 1.40. The van der Waals surface area contributed by atoms with E-state index in [0.717, 1.165) is 0 Å². The number of carbonyl (C=O) groups is 2. The first-order chi connectivity index (χ1) is 7.95. The fourth-order valence-corrected chi connectivity index (χ4v) is 1.43. The van der Waals surface area contributed by atoms with Gasteiger partial charge in [0, 0.05) is 0 Å². The number of methoxy groups -OCH3 is 1. The molecule has 0 aliphatic rings. The van der Waals surface area contributed by atoms with E-state index in [2.05, 4.69) is 0 Å². The van der Waals surface area contributed by atoms with Gasteiger partial charge in [-0.2, -0.15) is 0 Å². The fraction of sp³-hybridized carbons (Fsp3) is 0.273. The van der Waals surface area contributed by atoms with Crippen molar-refractivity contribution in [3.8, 4) is 11.5 Å². The van der Waals surface area contributed by atoms with Crippen molar-refractivity contribution in [1.29, 1.82) is 0 Å². The molecule has 1 aromatic rings. The van der Waals surface area contributed by atoms with Gasteiger partial charge in [0.05, 0.1) is 7.11 Å². The average Bonchev–Trinajstić information content (AvgIpc) is 2.26. The van der Waals surface area contributed by atoms with Crippen molar-refractivity contribution in [3.63, 3.8) is 0 Å². The van der Waals surface area contributed by atoms with Crippen LogP contribution in [0.5, 0.6) is 11.5 Å². The minimum atomic E-state index is -1.07. The molecule has 0 aromatic heterocycles. The number of amides is 2. The van der Waals surface area contributed by atoms with Crippen LogP contribution < -0.4 is 16.2 Å². The standard InChI is InChI=1S/C11H14N2O4/c1-17-9-5-6(2-3-8(9)14)4-7(10(12)15)11(13)16/h2-3,5,7,14H,4H2,1H3,(H2,12,15)(H2,13,16). The molecule has 0 fully saturated rings. The Kier molecular flexibility index (Phi) is 3.92. The summed E-state index contributed by atoms with van der Waals surface area (Å²) in [6.45, 7) is 0. The first kappa shape index (κ1) is 12.8. The van der Waals surface area contributed by atoms with Gasteiger partial charge in [-0.3, -0.25) is 9.59 Å². The zero-order valence-corrected chi connectivity index (χ0v) is 9.34. The van der Waals surface area contributed by atoms with Gasteiger partial charge in [-0.15, -0.1) is 0 Å². The van der Waals surface area contributed by atoms with Crippen LogP contribution in [0.3, 0.4) is 0 Å². The molecule has 6 nitrogen and oxygen atoms in total. The number of aromatic hydroxyl groups is 1. The molecule has 5 N–H and O–H groups in total. The molecular formula is C11H14N2O4. The predicted octanol–water partition coefficient (Wildman–Crippen LogP) is -0.470. The third-order valence-electron chi connectivity index (χ3n) is 2.37. The predicted molar refractivity (Wildman–Crippen MR) is 60.2 cm³/mol. The summed E-state index contributed by atoms with van der Waals surface area (Å²) in [5.74, 6) is -2.38. The highest BCUT2D eigenvalue weighted by Crippen LogP contribution is 2.27. The van der Waals surface area contributed by atoms with Crippen LogP contribution in [0, 0.1) is 5.92 Å². The van der Waals surface area contributed by atoms with E-state index in [1.165, 1.54) is 19.2 Å². The van der Waals surface area contributed by atoms with Gasteiger partial charge < -0.3 is 21.3 Å². The Morgan fingerprint density at radius 1 is 1.35 bits per heavy atom. The topological polar surface area (TPSA) is 116 Å². The first-order valence-electron chi connectivity index (χ1n) is 4.90. The van der Waals surface area contributed by atoms with Crippen LogP contribution in [0.2, 0.25) is 0 Å². The number of phenolic OH excluding ortho intramolecular Hbond substituents is 1. The number of nitrogens with two attached hydrogens (primary N) is 2. The smallest absolute Gasteiger partial charge is 0.230 e. The molecule has 1 aromatic carbocycles. The summed E-state index contributed by atoms with van der Waals surface area (Å²) >= 11 is 0. The second-order valence-electron chi connectivity index (χ2n) is 3.57. The molecule has 17 heavy (non-hydrogen) atoms. The van der Waals surface area contributed by atoms with Crippen LogP contribution in [0.15, 0.2) is 18.2 Å². The lowest BCUT2D eigenvalue weighted by Crippen LogP contribution is -2.36. The summed E-state index contributed by atoms with van der Waals surface area (Å²) in [6, 6.07) is 4.50. The molecule has 0 aliphatic heterocycles. The Bertz CT molecular complexity index is 431. The molecule has 0 unspecified atom stereocenters. The van der Waals surface area contributed by atoms with Gasteiger partial charge >= 0.3 is 0 Å². The molecule has 6 heteroatoms. The summed E-state index contributed by atoms with van der Waals surface area (Å²) in [4.78, 5) is 22.0. The molecule has 92 valence electrons. The zero-order valence-electron chi connectivity index (χ0n) is 9.34. The number of rotatable bonds is 5. The summed E-state index contributed by atoms with van der Waals surface area (Å²) in [5.41, 5.74) is 10.8. The Balaban J connectivity index is 2.94. The van der Waals surface area contributed by atoms with Crippen LogP contribution in [0.4, 0.5) is 0 Å². The van der Waals surface area contributed by atoms with Gasteiger partial charge in [-0.05, 0) is 24.1 Å². The van der Waals surface area contributed by atoms with E-state index in [0.29, 0.717) is 5.56 Å². The maximum absolute atomic E-state index is 11.0. The van der Waals surface area contributed by atoms with E-state index in [1.54, 1.807) is 6.07 Å². The van der Waals surface area contributed by atoms with E-state index in [9.17, 15) is 14.7 Å². The molecule has 0 saturated carbocycles. The molecule has 0 saturated heterocycles. The molecular weight excluding hydrogens is 224 g/mol. The molecule has 0 radical (unpaired) electrons. The number of primary amides is 2. The van der Waals surface area contributed by atoms with Crippen molar-refractivity contribution < 1.29 is 19.4 Å². The number of benzene rings is 1. The minimum Gasteiger partial charge on any atom is -0.504 e. The summed E-state index contributed by atoms with van der Waals surface area (Å²) < 4.78 is 4.91. The lowest BCUT2D eigenvalue weighted by molar-refractivity contribution is -0.131. The number of carbonyl (C=O) groups excluding carboxylic acids is 2. The third-order valence-corrected chi connectivity index (χ3v) is 2.37. The van der Waals surface area contributed by atoms with Gasteiger partial charge in [-0.1, -0.05) is 6.07 Å². The number of phenols is 1. The van der Waals surface area contributed by atoms with Gasteiger partial charge in [0.15, 0.2) is 11.5 Å². The van der Waals surface area contributed by atoms with Crippen LogP contribution in [0.1, 0.15) is 5.56 Å². The van der Waals surface area contributed by atoms with Crippen molar-refractivity contribution in [2.75, 3.05) is 7.11 Å². The average molecular weight is 238 g/mol. The van der Waals surface area contributed by atoms with Crippen molar-refractivity contribution >= 4 is 11.8 Å².